The van der Waals surface area contributed by atoms with Crippen molar-refractivity contribution in [1.29, 1.82) is 0 Å². The number of para-hydroxylation sites is 4. The van der Waals surface area contributed by atoms with Gasteiger partial charge in [0, 0.05) is 63.8 Å². The quantitative estimate of drug-likeness (QED) is 0.174. The summed E-state index contributed by atoms with van der Waals surface area (Å²) in [6, 6.07) is 71.4. The van der Waals surface area contributed by atoms with E-state index in [0.29, 0.717) is 5.95 Å². The Labute approximate surface area is 354 Å². The highest BCUT2D eigenvalue weighted by atomic mass is 32.1. The molecule has 0 saturated heterocycles. The zero-order valence-corrected chi connectivity index (χ0v) is 33.5. The lowest BCUT2D eigenvalue weighted by Gasteiger charge is -2.14. The Bertz CT molecular complexity index is 3890. The van der Waals surface area contributed by atoms with Crippen LogP contribution in [0, 0.1) is 0 Å². The maximum absolute atomic E-state index is 6.55. The van der Waals surface area contributed by atoms with Crippen LogP contribution in [0.5, 0.6) is 0 Å². The first-order valence-corrected chi connectivity index (χ1v) is 21.4. The molecule has 0 fully saturated rings. The van der Waals surface area contributed by atoms with Crippen LogP contribution in [0.15, 0.2) is 205 Å². The van der Waals surface area contributed by atoms with Crippen LogP contribution in [0.3, 0.4) is 0 Å². The summed E-state index contributed by atoms with van der Waals surface area (Å²) in [7, 11) is 0. The van der Waals surface area contributed by atoms with Crippen molar-refractivity contribution >= 4 is 86.2 Å². The second-order valence-corrected chi connectivity index (χ2v) is 16.8. The van der Waals surface area contributed by atoms with Gasteiger partial charge in [-0.05, 0) is 70.8 Å². The van der Waals surface area contributed by atoms with Crippen molar-refractivity contribution in [2.75, 3.05) is 0 Å². The normalized spacial score (nSPS) is 11.9. The Kier molecular flexibility index (Phi) is 7.44. The summed E-state index contributed by atoms with van der Waals surface area (Å²) in [5, 5.41) is 8.09. The van der Waals surface area contributed by atoms with E-state index in [2.05, 4.69) is 187 Å². The molecule has 0 aliphatic carbocycles. The van der Waals surface area contributed by atoms with Crippen molar-refractivity contribution in [3.63, 3.8) is 0 Å². The third-order valence-electron chi connectivity index (χ3n) is 12.2. The molecule has 4 nitrogen and oxygen atoms in total. The molecule has 4 heterocycles. The van der Waals surface area contributed by atoms with Crippen molar-refractivity contribution in [1.82, 2.24) is 14.5 Å². The highest BCUT2D eigenvalue weighted by Crippen LogP contribution is 2.43. The predicted octanol–water partition coefficient (Wildman–Crippen LogP) is 15.7. The van der Waals surface area contributed by atoms with Crippen molar-refractivity contribution in [3.8, 4) is 50.6 Å². The van der Waals surface area contributed by atoms with Crippen LogP contribution in [-0.2, 0) is 0 Å². The maximum atomic E-state index is 6.55. The van der Waals surface area contributed by atoms with Gasteiger partial charge in [-0.15, -0.1) is 11.3 Å². The molecule has 4 aromatic heterocycles. The van der Waals surface area contributed by atoms with Gasteiger partial charge in [-0.25, -0.2) is 9.97 Å². The molecule has 0 atom stereocenters. The summed E-state index contributed by atoms with van der Waals surface area (Å²) in [6.45, 7) is 0. The van der Waals surface area contributed by atoms with Gasteiger partial charge < -0.3 is 4.42 Å². The van der Waals surface area contributed by atoms with E-state index in [1.54, 1.807) is 0 Å². The van der Waals surface area contributed by atoms with E-state index in [4.69, 9.17) is 14.4 Å². The summed E-state index contributed by atoms with van der Waals surface area (Å²) < 4.78 is 11.4. The number of aromatic nitrogens is 3. The van der Waals surface area contributed by atoms with Crippen LogP contribution in [0.4, 0.5) is 0 Å². The number of hydrogen-bond donors (Lipinski definition) is 0. The standard InChI is InChI=1S/C56H33N3OS/c1-2-13-34(14-3-1)53-45-19-4-7-24-48(45)57-56(58-53)59-49-29-27-38(40-21-12-23-44-41-17-5-8-25-50(41)60-55(40)44)33-46(49)43-22-11-20-39(54(43)59)37-16-10-15-35(31-37)36-28-30-52-47(32-36)42-18-6-9-26-51(42)61-52/h1-33H. The molecule has 61 heavy (non-hydrogen) atoms. The summed E-state index contributed by atoms with van der Waals surface area (Å²) in [5.74, 6) is 0.628. The van der Waals surface area contributed by atoms with Gasteiger partial charge in [0.25, 0.3) is 0 Å². The van der Waals surface area contributed by atoms with Crippen LogP contribution in [0.2, 0.25) is 0 Å². The molecular formula is C56H33N3OS. The fraction of sp³-hybridized carbons (Fsp3) is 0. The lowest BCUT2D eigenvalue weighted by atomic mass is 9.96. The molecule has 0 spiro atoms. The van der Waals surface area contributed by atoms with Gasteiger partial charge in [0.15, 0.2) is 0 Å². The summed E-state index contributed by atoms with van der Waals surface area (Å²) >= 11 is 1.85. The average molecular weight is 796 g/mol. The van der Waals surface area contributed by atoms with E-state index >= 15 is 0 Å². The smallest absolute Gasteiger partial charge is 0.235 e. The topological polar surface area (TPSA) is 43.9 Å². The van der Waals surface area contributed by atoms with Crippen LogP contribution >= 0.6 is 11.3 Å². The average Bonchev–Trinajstić information content (AvgIpc) is 4.01. The first-order valence-electron chi connectivity index (χ1n) is 20.6. The summed E-state index contributed by atoms with van der Waals surface area (Å²) in [6.07, 6.45) is 0. The molecule has 9 aromatic carbocycles. The number of benzene rings is 9. The van der Waals surface area contributed by atoms with E-state index in [1.165, 1.54) is 31.3 Å². The molecule has 0 unspecified atom stereocenters. The van der Waals surface area contributed by atoms with E-state index in [1.807, 2.05) is 29.5 Å². The zero-order valence-electron chi connectivity index (χ0n) is 32.7. The van der Waals surface area contributed by atoms with Gasteiger partial charge in [-0.1, -0.05) is 152 Å². The predicted molar refractivity (Wildman–Crippen MR) is 256 cm³/mol. The Morgan fingerprint density at radius 3 is 1.95 bits per heavy atom. The van der Waals surface area contributed by atoms with Crippen molar-refractivity contribution in [2.24, 2.45) is 0 Å². The van der Waals surface area contributed by atoms with E-state index in [0.717, 1.165) is 88.2 Å². The first kappa shape index (κ1) is 34.0. The third kappa shape index (κ3) is 5.31. The number of fused-ring (bicyclic) bond motifs is 10. The van der Waals surface area contributed by atoms with Gasteiger partial charge in [0.05, 0.1) is 22.2 Å². The van der Waals surface area contributed by atoms with E-state index in [9.17, 15) is 0 Å². The van der Waals surface area contributed by atoms with E-state index < -0.39 is 0 Å². The van der Waals surface area contributed by atoms with Crippen LogP contribution in [0.25, 0.3) is 125 Å². The molecular weight excluding hydrogens is 763 g/mol. The molecule has 0 N–H and O–H groups in total. The fourth-order valence-electron chi connectivity index (χ4n) is 9.40. The maximum Gasteiger partial charge on any atom is 0.235 e. The minimum Gasteiger partial charge on any atom is -0.455 e. The summed E-state index contributed by atoms with van der Waals surface area (Å²) in [4.78, 5) is 10.8. The highest BCUT2D eigenvalue weighted by Gasteiger charge is 2.22. The minimum atomic E-state index is 0.628. The Morgan fingerprint density at radius 1 is 0.393 bits per heavy atom. The molecule has 0 aliphatic heterocycles. The summed E-state index contributed by atoms with van der Waals surface area (Å²) in [5.41, 5.74) is 13.5. The molecule has 13 rings (SSSR count). The number of rotatable bonds is 5. The monoisotopic (exact) mass is 795 g/mol. The molecule has 0 radical (unpaired) electrons. The molecule has 13 aromatic rings. The van der Waals surface area contributed by atoms with Gasteiger partial charge in [0.2, 0.25) is 5.95 Å². The van der Waals surface area contributed by atoms with Crippen LogP contribution in [0.1, 0.15) is 0 Å². The van der Waals surface area contributed by atoms with Crippen LogP contribution < -0.4 is 0 Å². The van der Waals surface area contributed by atoms with Gasteiger partial charge in [-0.3, -0.25) is 4.57 Å². The van der Waals surface area contributed by atoms with Gasteiger partial charge in [0.1, 0.15) is 11.2 Å². The fourth-order valence-corrected chi connectivity index (χ4v) is 10.5. The molecule has 284 valence electrons. The van der Waals surface area contributed by atoms with Crippen molar-refractivity contribution in [2.45, 2.75) is 0 Å². The number of thiophene rings is 1. The van der Waals surface area contributed by atoms with Crippen LogP contribution in [-0.4, -0.2) is 14.5 Å². The minimum absolute atomic E-state index is 0.628. The Balaban J connectivity index is 1.07. The second-order valence-electron chi connectivity index (χ2n) is 15.7. The largest absolute Gasteiger partial charge is 0.455 e. The molecule has 0 saturated carbocycles. The molecule has 5 heteroatoms. The molecule has 0 amide bonds. The number of nitrogens with zero attached hydrogens (tertiary/aromatic N) is 3. The lowest BCUT2D eigenvalue weighted by Crippen LogP contribution is -2.04. The highest BCUT2D eigenvalue weighted by molar-refractivity contribution is 7.25. The molecule has 0 aliphatic rings. The van der Waals surface area contributed by atoms with Gasteiger partial charge in [-0.2, -0.15) is 0 Å². The SMILES string of the molecule is c1ccc(-c2nc(-n3c4ccc(-c5cccc6c5oc5ccccc56)cc4c4cccc(-c5cccc(-c6ccc7sc8ccccc8c7c6)c5)c43)nc3ccccc23)cc1. The van der Waals surface area contributed by atoms with E-state index in [-0.39, 0.29) is 0 Å². The molecule has 0 bridgehead atoms. The third-order valence-corrected chi connectivity index (χ3v) is 13.4. The lowest BCUT2D eigenvalue weighted by molar-refractivity contribution is 0.670. The number of hydrogen-bond acceptors (Lipinski definition) is 4. The Hall–Kier alpha value is -7.86. The zero-order chi connectivity index (χ0) is 40.0. The van der Waals surface area contributed by atoms with Crippen molar-refractivity contribution in [3.05, 3.63) is 200 Å². The van der Waals surface area contributed by atoms with Gasteiger partial charge >= 0.3 is 0 Å². The van der Waals surface area contributed by atoms with Crippen molar-refractivity contribution < 1.29 is 4.42 Å². The second kappa shape index (κ2) is 13.3. The first-order chi connectivity index (χ1) is 30.2. The number of furan rings is 1. The Morgan fingerprint density at radius 2 is 1.03 bits per heavy atom.